The Labute approximate surface area is 220 Å². The number of ether oxygens (including phenoxy) is 1. The molecule has 186 valence electrons. The number of amides is 2. The van der Waals surface area contributed by atoms with Gasteiger partial charge in [-0.15, -0.1) is 0 Å². The molecule has 2 heterocycles. The molecule has 0 bridgehead atoms. The minimum absolute atomic E-state index is 0.274. The minimum Gasteiger partial charge on any atom is -0.425 e. The van der Waals surface area contributed by atoms with E-state index < -0.39 is 23.7 Å². The number of nitrogens with zero attached hydrogens (tertiary/aromatic N) is 1. The van der Waals surface area contributed by atoms with Gasteiger partial charge in [0.05, 0.1) is 23.4 Å². The van der Waals surface area contributed by atoms with Crippen molar-refractivity contribution in [1.82, 2.24) is 0 Å². The van der Waals surface area contributed by atoms with Crippen LogP contribution in [0.1, 0.15) is 28.2 Å². The van der Waals surface area contributed by atoms with Gasteiger partial charge in [0.15, 0.2) is 0 Å². The van der Waals surface area contributed by atoms with Gasteiger partial charge in [0.2, 0.25) is 11.8 Å². The van der Waals surface area contributed by atoms with Crippen molar-refractivity contribution in [3.8, 4) is 5.75 Å². The fraction of sp³-hybridized carbons (Fsp3) is 0.182. The smallest absolute Gasteiger partial charge is 0.319 e. The number of rotatable bonds is 2. The third-order valence-electron chi connectivity index (χ3n) is 8.42. The molecule has 1 saturated heterocycles. The third kappa shape index (κ3) is 3.14. The molecule has 3 aliphatic rings. The van der Waals surface area contributed by atoms with Crippen molar-refractivity contribution in [3.63, 3.8) is 0 Å². The summed E-state index contributed by atoms with van der Waals surface area (Å²) < 4.78 is 5.96. The summed E-state index contributed by atoms with van der Waals surface area (Å²) in [5.41, 5.74) is 5.13. The zero-order chi connectivity index (χ0) is 26.1. The van der Waals surface area contributed by atoms with Crippen LogP contribution >= 0.6 is 0 Å². The van der Waals surface area contributed by atoms with Crippen LogP contribution in [0.4, 0.5) is 5.69 Å². The molecule has 4 atom stereocenters. The second kappa shape index (κ2) is 8.25. The molecular weight excluding hydrogens is 474 g/mol. The highest BCUT2D eigenvalue weighted by Crippen LogP contribution is 2.55. The van der Waals surface area contributed by atoms with Crippen LogP contribution in [0.2, 0.25) is 0 Å². The van der Waals surface area contributed by atoms with Crippen LogP contribution in [-0.2, 0) is 14.4 Å². The van der Waals surface area contributed by atoms with Crippen molar-refractivity contribution in [2.45, 2.75) is 19.8 Å². The molecular formula is C33H25NO4. The molecule has 7 rings (SSSR count). The Hall–Kier alpha value is -4.51. The summed E-state index contributed by atoms with van der Waals surface area (Å²) in [4.78, 5) is 43.1. The van der Waals surface area contributed by atoms with E-state index in [0.29, 0.717) is 11.4 Å². The van der Waals surface area contributed by atoms with Crippen LogP contribution in [0.15, 0.2) is 91.0 Å². The Morgan fingerprint density at radius 3 is 2.26 bits per heavy atom. The predicted molar refractivity (Wildman–Crippen MR) is 146 cm³/mol. The van der Waals surface area contributed by atoms with Crippen molar-refractivity contribution >= 4 is 39.8 Å². The van der Waals surface area contributed by atoms with E-state index in [1.54, 1.807) is 0 Å². The van der Waals surface area contributed by atoms with Crippen LogP contribution in [0, 0.1) is 31.6 Å². The van der Waals surface area contributed by atoms with E-state index in [-0.39, 0.29) is 17.7 Å². The van der Waals surface area contributed by atoms with Gasteiger partial charge >= 0.3 is 5.97 Å². The highest BCUT2D eigenvalue weighted by atomic mass is 16.5. The first-order chi connectivity index (χ1) is 18.4. The maximum absolute atomic E-state index is 14.1. The van der Waals surface area contributed by atoms with E-state index in [1.807, 2.05) is 105 Å². The van der Waals surface area contributed by atoms with Gasteiger partial charge in [0.25, 0.3) is 0 Å². The number of carbonyl (C=O) groups excluding carboxylic acids is 3. The van der Waals surface area contributed by atoms with E-state index in [4.69, 9.17) is 4.74 Å². The van der Waals surface area contributed by atoms with Gasteiger partial charge in [-0.2, -0.15) is 0 Å². The van der Waals surface area contributed by atoms with Crippen LogP contribution in [0.5, 0.6) is 5.75 Å². The maximum Gasteiger partial charge on any atom is 0.319 e. The fourth-order valence-electron chi connectivity index (χ4n) is 6.41. The second-order valence-electron chi connectivity index (χ2n) is 10.5. The first-order valence-electron chi connectivity index (χ1n) is 12.9. The topological polar surface area (TPSA) is 63.7 Å². The van der Waals surface area contributed by atoms with E-state index in [9.17, 15) is 14.4 Å². The number of hydrogen-bond donors (Lipinski definition) is 0. The van der Waals surface area contributed by atoms with Crippen molar-refractivity contribution in [3.05, 3.63) is 113 Å². The summed E-state index contributed by atoms with van der Waals surface area (Å²) in [5.74, 6) is -3.33. The quantitative estimate of drug-likeness (QED) is 0.193. The van der Waals surface area contributed by atoms with Gasteiger partial charge in [0, 0.05) is 16.9 Å². The molecule has 0 radical (unpaired) electrons. The van der Waals surface area contributed by atoms with Gasteiger partial charge in [-0.1, -0.05) is 78.9 Å². The molecule has 2 amide bonds. The van der Waals surface area contributed by atoms with Crippen LogP contribution < -0.4 is 9.64 Å². The average Bonchev–Trinajstić information content (AvgIpc) is 3.20. The molecule has 5 nitrogen and oxygen atoms in total. The SMILES string of the molecule is Cc1ccc(N2C(=O)[C@@H]3[C@@H]4C(=O)Oc5c(ccc6ccccc56)C4=C[C@H](c4ccccc4)[C@@H]3C2=O)cc1C. The lowest BCUT2D eigenvalue weighted by molar-refractivity contribution is -0.142. The molecule has 4 aromatic carbocycles. The molecule has 0 unspecified atom stereocenters. The van der Waals surface area contributed by atoms with Crippen LogP contribution in [0.3, 0.4) is 0 Å². The lowest BCUT2D eigenvalue weighted by Gasteiger charge is -2.38. The Kier molecular flexibility index (Phi) is 4.92. The first-order valence-corrected chi connectivity index (χ1v) is 12.9. The van der Waals surface area contributed by atoms with E-state index in [2.05, 4.69) is 0 Å². The molecule has 2 aliphatic heterocycles. The lowest BCUT2D eigenvalue weighted by atomic mass is 9.64. The number of carbonyl (C=O) groups is 3. The molecule has 5 heteroatoms. The van der Waals surface area contributed by atoms with Crippen LogP contribution in [-0.4, -0.2) is 17.8 Å². The van der Waals surface area contributed by atoms with Gasteiger partial charge in [-0.3, -0.25) is 14.4 Å². The molecule has 0 aromatic heterocycles. The molecule has 0 spiro atoms. The van der Waals surface area contributed by atoms with Crippen molar-refractivity contribution < 1.29 is 19.1 Å². The van der Waals surface area contributed by atoms with E-state index in [0.717, 1.165) is 38.6 Å². The Morgan fingerprint density at radius 1 is 0.737 bits per heavy atom. The van der Waals surface area contributed by atoms with Gasteiger partial charge in [-0.25, -0.2) is 4.90 Å². The number of anilines is 1. The number of hydrogen-bond acceptors (Lipinski definition) is 4. The summed E-state index contributed by atoms with van der Waals surface area (Å²) in [6.45, 7) is 3.95. The van der Waals surface area contributed by atoms with Crippen LogP contribution in [0.25, 0.3) is 16.3 Å². The monoisotopic (exact) mass is 499 g/mol. The third-order valence-corrected chi connectivity index (χ3v) is 8.42. The molecule has 0 N–H and O–H groups in total. The minimum atomic E-state index is -0.846. The van der Waals surface area contributed by atoms with Gasteiger partial charge in [0.1, 0.15) is 5.75 Å². The highest BCUT2D eigenvalue weighted by molar-refractivity contribution is 6.24. The Balaban J connectivity index is 1.44. The number of aryl methyl sites for hydroxylation is 2. The molecule has 4 aromatic rings. The number of esters is 1. The number of fused-ring (bicyclic) bond motifs is 7. The number of allylic oxidation sites excluding steroid dienone is 1. The molecule has 1 aliphatic carbocycles. The summed E-state index contributed by atoms with van der Waals surface area (Å²) >= 11 is 0. The summed E-state index contributed by atoms with van der Waals surface area (Å²) in [5, 5.41) is 1.82. The fourth-order valence-corrected chi connectivity index (χ4v) is 6.41. The van der Waals surface area contributed by atoms with Gasteiger partial charge in [-0.05, 0) is 53.6 Å². The van der Waals surface area contributed by atoms with Crippen molar-refractivity contribution in [1.29, 1.82) is 0 Å². The van der Waals surface area contributed by atoms with E-state index >= 15 is 0 Å². The number of imide groups is 1. The standard InChI is InChI=1S/C33H25NO4/c1-18-12-14-22(16-19(18)2)34-31(35)27-25(20-8-4-3-5-9-20)17-26-24-15-13-21-10-6-7-11-23(21)30(24)38-33(37)28(26)29(27)32(34)36/h3-17,25,27-29H,1-2H3/t25-,27+,28-,29+/m1/s1. The Bertz CT molecular complexity index is 1700. The summed E-state index contributed by atoms with van der Waals surface area (Å²) in [6, 6.07) is 27.1. The Morgan fingerprint density at radius 2 is 1.47 bits per heavy atom. The predicted octanol–water partition coefficient (Wildman–Crippen LogP) is 5.98. The summed E-state index contributed by atoms with van der Waals surface area (Å²) in [7, 11) is 0. The zero-order valence-electron chi connectivity index (χ0n) is 21.0. The zero-order valence-corrected chi connectivity index (χ0v) is 21.0. The summed E-state index contributed by atoms with van der Waals surface area (Å²) in [6.07, 6.45) is 2.03. The number of benzene rings is 4. The van der Waals surface area contributed by atoms with Crippen molar-refractivity contribution in [2.24, 2.45) is 17.8 Å². The average molecular weight is 500 g/mol. The second-order valence-corrected chi connectivity index (χ2v) is 10.5. The largest absolute Gasteiger partial charge is 0.425 e. The lowest BCUT2D eigenvalue weighted by Crippen LogP contribution is -2.42. The highest BCUT2D eigenvalue weighted by Gasteiger charge is 2.60. The van der Waals surface area contributed by atoms with E-state index in [1.165, 1.54) is 4.90 Å². The molecule has 38 heavy (non-hydrogen) atoms. The maximum atomic E-state index is 14.1. The van der Waals surface area contributed by atoms with Gasteiger partial charge < -0.3 is 4.74 Å². The molecule has 0 saturated carbocycles. The molecule has 1 fully saturated rings. The van der Waals surface area contributed by atoms with Crippen molar-refractivity contribution in [2.75, 3.05) is 4.90 Å². The normalized spacial score (nSPS) is 24.0. The first kappa shape index (κ1) is 22.7.